The fraction of sp³-hybridized carbons (Fsp3) is 0.133. The monoisotopic (exact) mass is 338 g/mol. The second kappa shape index (κ2) is 5.91. The number of nitrogens with one attached hydrogen (secondary N) is 1. The molecule has 2 heterocycles. The quantitative estimate of drug-likeness (QED) is 0.740. The molecule has 3 aromatic rings. The SMILES string of the molecule is COc1ccc(F)c(-c2n[nH]c(-c3ccc(C(F)(F)F)cn3)n2)c1. The molecule has 0 spiro atoms. The summed E-state index contributed by atoms with van der Waals surface area (Å²) in [4.78, 5) is 7.78. The maximum atomic E-state index is 13.9. The molecule has 0 unspecified atom stereocenters. The first kappa shape index (κ1) is 15.9. The van der Waals surface area contributed by atoms with Gasteiger partial charge in [0.05, 0.1) is 18.2 Å². The molecule has 0 amide bonds. The highest BCUT2D eigenvalue weighted by molar-refractivity contribution is 5.61. The largest absolute Gasteiger partial charge is 0.497 e. The lowest BCUT2D eigenvalue weighted by atomic mass is 10.2. The Balaban J connectivity index is 1.94. The number of methoxy groups -OCH3 is 1. The van der Waals surface area contributed by atoms with Crippen molar-refractivity contribution in [3.8, 4) is 28.7 Å². The molecular weight excluding hydrogens is 328 g/mol. The average Bonchev–Trinajstić information content (AvgIpc) is 3.04. The van der Waals surface area contributed by atoms with Gasteiger partial charge in [0.15, 0.2) is 11.6 Å². The van der Waals surface area contributed by atoms with E-state index in [1.54, 1.807) is 0 Å². The number of aromatic nitrogens is 4. The first-order valence-electron chi connectivity index (χ1n) is 6.68. The van der Waals surface area contributed by atoms with Crippen molar-refractivity contribution in [2.75, 3.05) is 7.11 Å². The Labute approximate surface area is 133 Å². The van der Waals surface area contributed by atoms with E-state index in [0.717, 1.165) is 12.1 Å². The summed E-state index contributed by atoms with van der Waals surface area (Å²) in [7, 11) is 1.44. The van der Waals surface area contributed by atoms with Gasteiger partial charge in [-0.25, -0.2) is 9.37 Å². The van der Waals surface area contributed by atoms with Crippen molar-refractivity contribution in [3.05, 3.63) is 47.9 Å². The average molecular weight is 338 g/mol. The minimum Gasteiger partial charge on any atom is -0.497 e. The number of ether oxygens (including phenoxy) is 1. The van der Waals surface area contributed by atoms with E-state index in [-0.39, 0.29) is 22.9 Å². The highest BCUT2D eigenvalue weighted by Crippen LogP contribution is 2.30. The zero-order valence-electron chi connectivity index (χ0n) is 12.2. The maximum Gasteiger partial charge on any atom is 0.417 e. The van der Waals surface area contributed by atoms with E-state index in [1.165, 1.54) is 25.3 Å². The van der Waals surface area contributed by atoms with Crippen LogP contribution in [0.25, 0.3) is 22.9 Å². The van der Waals surface area contributed by atoms with Crippen LogP contribution in [-0.4, -0.2) is 27.3 Å². The Bertz CT molecular complexity index is 859. The number of hydrogen-bond acceptors (Lipinski definition) is 4. The Kier molecular flexibility index (Phi) is 3.92. The summed E-state index contributed by atoms with van der Waals surface area (Å²) in [6, 6.07) is 6.12. The molecule has 24 heavy (non-hydrogen) atoms. The lowest BCUT2D eigenvalue weighted by molar-refractivity contribution is -0.137. The van der Waals surface area contributed by atoms with E-state index in [0.29, 0.717) is 11.9 Å². The number of benzene rings is 1. The van der Waals surface area contributed by atoms with Crippen molar-refractivity contribution >= 4 is 0 Å². The molecule has 2 aromatic heterocycles. The second-order valence-electron chi connectivity index (χ2n) is 4.78. The number of hydrogen-bond donors (Lipinski definition) is 1. The van der Waals surface area contributed by atoms with Gasteiger partial charge in [0.2, 0.25) is 0 Å². The summed E-state index contributed by atoms with van der Waals surface area (Å²) in [5.74, 6) is 0.0381. The molecule has 5 nitrogen and oxygen atoms in total. The van der Waals surface area contributed by atoms with Crippen LogP contribution >= 0.6 is 0 Å². The summed E-state index contributed by atoms with van der Waals surface area (Å²) in [5, 5.41) is 6.41. The van der Waals surface area contributed by atoms with Crippen LogP contribution in [-0.2, 0) is 6.18 Å². The predicted octanol–water partition coefficient (Wildman–Crippen LogP) is 3.70. The van der Waals surface area contributed by atoms with E-state index >= 15 is 0 Å². The zero-order chi connectivity index (χ0) is 17.3. The maximum absolute atomic E-state index is 13.9. The number of pyridine rings is 1. The molecule has 0 atom stereocenters. The molecule has 0 aliphatic rings. The van der Waals surface area contributed by atoms with E-state index in [9.17, 15) is 17.6 Å². The third-order valence-corrected chi connectivity index (χ3v) is 3.23. The number of nitrogens with zero attached hydrogens (tertiary/aromatic N) is 3. The molecule has 3 rings (SSSR count). The molecule has 124 valence electrons. The molecule has 9 heteroatoms. The smallest absolute Gasteiger partial charge is 0.417 e. The van der Waals surface area contributed by atoms with Crippen LogP contribution in [0.15, 0.2) is 36.5 Å². The van der Waals surface area contributed by atoms with Gasteiger partial charge in [0.1, 0.15) is 17.3 Å². The Morgan fingerprint density at radius 2 is 1.92 bits per heavy atom. The van der Waals surface area contributed by atoms with Gasteiger partial charge in [0.25, 0.3) is 0 Å². The minimum atomic E-state index is -4.47. The van der Waals surface area contributed by atoms with Crippen LogP contribution in [0, 0.1) is 5.82 Å². The van der Waals surface area contributed by atoms with Crippen molar-refractivity contribution in [1.82, 2.24) is 20.2 Å². The normalized spacial score (nSPS) is 11.5. The van der Waals surface area contributed by atoms with Crippen molar-refractivity contribution < 1.29 is 22.3 Å². The number of halogens is 4. The lowest BCUT2D eigenvalue weighted by Crippen LogP contribution is -2.05. The van der Waals surface area contributed by atoms with E-state index in [1.807, 2.05) is 0 Å². The molecular formula is C15H10F4N4O. The summed E-state index contributed by atoms with van der Waals surface area (Å²) in [6.07, 6.45) is -3.77. The molecule has 1 N–H and O–H groups in total. The number of aromatic amines is 1. The second-order valence-corrected chi connectivity index (χ2v) is 4.78. The molecule has 0 fully saturated rings. The van der Waals surface area contributed by atoms with Crippen molar-refractivity contribution in [2.45, 2.75) is 6.18 Å². The highest BCUT2D eigenvalue weighted by atomic mass is 19.4. The Hall–Kier alpha value is -2.97. The first-order chi connectivity index (χ1) is 11.4. The first-order valence-corrected chi connectivity index (χ1v) is 6.68. The summed E-state index contributed by atoms with van der Waals surface area (Å²) in [5.41, 5.74) is -0.612. The van der Waals surface area contributed by atoms with Gasteiger partial charge in [0, 0.05) is 6.20 Å². The van der Waals surface area contributed by atoms with Gasteiger partial charge in [-0.15, -0.1) is 0 Å². The van der Waals surface area contributed by atoms with E-state index in [4.69, 9.17) is 4.74 Å². The van der Waals surface area contributed by atoms with Crippen LogP contribution in [0.5, 0.6) is 5.75 Å². The van der Waals surface area contributed by atoms with Gasteiger partial charge in [-0.05, 0) is 30.3 Å². The highest BCUT2D eigenvalue weighted by Gasteiger charge is 2.30. The molecule has 0 bridgehead atoms. The molecule has 0 aliphatic carbocycles. The van der Waals surface area contributed by atoms with E-state index < -0.39 is 17.6 Å². The van der Waals surface area contributed by atoms with Crippen LogP contribution < -0.4 is 4.74 Å². The summed E-state index contributed by atoms with van der Waals surface area (Å²) >= 11 is 0. The third-order valence-electron chi connectivity index (χ3n) is 3.23. The van der Waals surface area contributed by atoms with Gasteiger partial charge in [-0.3, -0.25) is 10.1 Å². The molecule has 1 aromatic carbocycles. The molecule has 0 saturated heterocycles. The van der Waals surface area contributed by atoms with Crippen molar-refractivity contribution in [1.29, 1.82) is 0 Å². The standard InChI is InChI=1S/C15H10F4N4O/c1-24-9-3-4-11(16)10(6-9)13-21-14(23-22-13)12-5-2-8(7-20-12)15(17,18)19/h2-7H,1H3,(H,21,22,23). The topological polar surface area (TPSA) is 63.7 Å². The summed E-state index contributed by atoms with van der Waals surface area (Å²) in [6.45, 7) is 0. The fourth-order valence-corrected chi connectivity index (χ4v) is 2.00. The predicted molar refractivity (Wildman–Crippen MR) is 76.6 cm³/mol. The number of alkyl halides is 3. The summed E-state index contributed by atoms with van der Waals surface area (Å²) < 4.78 is 56.5. The minimum absolute atomic E-state index is 0.0445. The zero-order valence-corrected chi connectivity index (χ0v) is 12.2. The lowest BCUT2D eigenvalue weighted by Gasteiger charge is -2.05. The Morgan fingerprint density at radius 3 is 2.54 bits per heavy atom. The van der Waals surface area contributed by atoms with Crippen molar-refractivity contribution in [2.24, 2.45) is 0 Å². The number of rotatable bonds is 3. The van der Waals surface area contributed by atoms with Gasteiger partial charge < -0.3 is 4.74 Å². The fourth-order valence-electron chi connectivity index (χ4n) is 2.00. The van der Waals surface area contributed by atoms with Crippen LogP contribution in [0.2, 0.25) is 0 Å². The third kappa shape index (κ3) is 3.05. The number of H-pyrrole nitrogens is 1. The van der Waals surface area contributed by atoms with Gasteiger partial charge in [-0.1, -0.05) is 0 Å². The molecule has 0 saturated carbocycles. The van der Waals surface area contributed by atoms with Crippen molar-refractivity contribution in [3.63, 3.8) is 0 Å². The van der Waals surface area contributed by atoms with Crippen LogP contribution in [0.3, 0.4) is 0 Å². The van der Waals surface area contributed by atoms with Gasteiger partial charge >= 0.3 is 6.18 Å². The molecule has 0 radical (unpaired) electrons. The Morgan fingerprint density at radius 1 is 1.12 bits per heavy atom. The van der Waals surface area contributed by atoms with Gasteiger partial charge in [-0.2, -0.15) is 18.3 Å². The van der Waals surface area contributed by atoms with Crippen LogP contribution in [0.1, 0.15) is 5.56 Å². The van der Waals surface area contributed by atoms with E-state index in [2.05, 4.69) is 20.2 Å². The molecule has 0 aliphatic heterocycles. The van der Waals surface area contributed by atoms with Crippen LogP contribution in [0.4, 0.5) is 17.6 Å².